The maximum atomic E-state index is 9.24. The van der Waals surface area contributed by atoms with Crippen LogP contribution < -0.4 is 5.32 Å². The predicted molar refractivity (Wildman–Crippen MR) is 47.4 cm³/mol. The highest BCUT2D eigenvalue weighted by Gasteiger charge is 2.22. The van der Waals surface area contributed by atoms with Gasteiger partial charge in [0.2, 0.25) is 0 Å². The smallest absolute Gasteiger partial charge is 0.198 e. The molecule has 0 aromatic carbocycles. The van der Waals surface area contributed by atoms with E-state index in [1.165, 1.54) is 0 Å². The molecule has 2 atom stereocenters. The van der Waals surface area contributed by atoms with Crippen LogP contribution in [0.3, 0.4) is 0 Å². The van der Waals surface area contributed by atoms with Crippen molar-refractivity contribution in [3.05, 3.63) is 17.8 Å². The van der Waals surface area contributed by atoms with E-state index in [1.807, 2.05) is 0 Å². The van der Waals surface area contributed by atoms with Crippen molar-refractivity contribution in [2.24, 2.45) is 0 Å². The zero-order chi connectivity index (χ0) is 9.26. The van der Waals surface area contributed by atoms with Gasteiger partial charge in [-0.05, 0) is 19.9 Å². The van der Waals surface area contributed by atoms with Crippen LogP contribution in [0.2, 0.25) is 0 Å². The Balaban J connectivity index is 2.12. The molecule has 4 nitrogen and oxygen atoms in total. The second-order valence-electron chi connectivity index (χ2n) is 3.48. The van der Waals surface area contributed by atoms with Gasteiger partial charge in [-0.25, -0.2) is 4.98 Å². The van der Waals surface area contributed by atoms with E-state index in [4.69, 9.17) is 4.42 Å². The minimum atomic E-state index is -0.535. The second-order valence-corrected chi connectivity index (χ2v) is 3.48. The van der Waals surface area contributed by atoms with E-state index in [0.29, 0.717) is 11.6 Å². The molecule has 0 radical (unpaired) electrons. The highest BCUT2D eigenvalue weighted by atomic mass is 16.3. The van der Waals surface area contributed by atoms with Gasteiger partial charge in [-0.15, -0.1) is 0 Å². The Bertz CT molecular complexity index is 277. The van der Waals surface area contributed by atoms with Crippen molar-refractivity contribution in [1.29, 1.82) is 0 Å². The molecule has 1 aromatic heterocycles. The Kier molecular flexibility index (Phi) is 2.33. The molecule has 2 rings (SSSR count). The highest BCUT2D eigenvalue weighted by molar-refractivity contribution is 5.04. The summed E-state index contributed by atoms with van der Waals surface area (Å²) in [6.07, 6.45) is 2.07. The molecule has 2 unspecified atom stereocenters. The van der Waals surface area contributed by atoms with Crippen molar-refractivity contribution in [3.63, 3.8) is 0 Å². The molecule has 0 bridgehead atoms. The summed E-state index contributed by atoms with van der Waals surface area (Å²) < 4.78 is 5.30. The maximum Gasteiger partial charge on any atom is 0.198 e. The number of hydrogen-bond acceptors (Lipinski definition) is 4. The molecule has 4 heteroatoms. The highest BCUT2D eigenvalue weighted by Crippen LogP contribution is 2.23. The first kappa shape index (κ1) is 8.72. The number of aromatic nitrogens is 1. The summed E-state index contributed by atoms with van der Waals surface area (Å²) in [5.41, 5.74) is 0.627. The van der Waals surface area contributed by atoms with E-state index in [-0.39, 0.29) is 0 Å². The number of aliphatic hydroxyl groups excluding tert-OH is 1. The topological polar surface area (TPSA) is 58.3 Å². The number of nitrogens with zero attached hydrogens (tertiary/aromatic N) is 1. The Labute approximate surface area is 77.0 Å². The fourth-order valence-electron chi connectivity index (χ4n) is 1.55. The number of rotatable bonds is 2. The lowest BCUT2D eigenvalue weighted by Crippen LogP contribution is -2.08. The Morgan fingerprint density at radius 2 is 2.62 bits per heavy atom. The predicted octanol–water partition coefficient (Wildman–Crippen LogP) is 0.805. The van der Waals surface area contributed by atoms with Gasteiger partial charge in [0.1, 0.15) is 12.0 Å². The first-order chi connectivity index (χ1) is 6.27. The van der Waals surface area contributed by atoms with Crippen molar-refractivity contribution >= 4 is 0 Å². The van der Waals surface area contributed by atoms with E-state index >= 15 is 0 Å². The molecular formula is C9H14N2O2. The van der Waals surface area contributed by atoms with Crippen molar-refractivity contribution < 1.29 is 9.52 Å². The number of aliphatic hydroxyl groups is 1. The monoisotopic (exact) mass is 182 g/mol. The minimum Gasteiger partial charge on any atom is -0.448 e. The van der Waals surface area contributed by atoms with Gasteiger partial charge in [0.05, 0.1) is 6.10 Å². The fourth-order valence-corrected chi connectivity index (χ4v) is 1.55. The SMILES string of the molecule is CC(O)c1coc(C2CCNC2)n1. The molecular weight excluding hydrogens is 168 g/mol. The van der Waals surface area contributed by atoms with Crippen molar-refractivity contribution in [1.82, 2.24) is 10.3 Å². The summed E-state index contributed by atoms with van der Waals surface area (Å²) in [5.74, 6) is 1.13. The molecule has 13 heavy (non-hydrogen) atoms. The van der Waals surface area contributed by atoms with Crippen LogP contribution in [-0.2, 0) is 0 Å². The molecule has 1 aromatic rings. The Hall–Kier alpha value is -0.870. The van der Waals surface area contributed by atoms with Gasteiger partial charge in [0.15, 0.2) is 5.89 Å². The first-order valence-electron chi connectivity index (χ1n) is 4.61. The van der Waals surface area contributed by atoms with Crippen LogP contribution in [0, 0.1) is 0 Å². The van der Waals surface area contributed by atoms with Crippen molar-refractivity contribution in [2.45, 2.75) is 25.4 Å². The molecule has 0 saturated carbocycles. The lowest BCUT2D eigenvalue weighted by Gasteiger charge is -2.00. The van der Waals surface area contributed by atoms with E-state index in [2.05, 4.69) is 10.3 Å². The van der Waals surface area contributed by atoms with Crippen molar-refractivity contribution in [2.75, 3.05) is 13.1 Å². The molecule has 0 spiro atoms. The normalized spacial score (nSPS) is 24.9. The number of nitrogens with one attached hydrogen (secondary N) is 1. The average Bonchev–Trinajstić information content (AvgIpc) is 2.75. The zero-order valence-electron chi connectivity index (χ0n) is 7.66. The molecule has 1 fully saturated rings. The molecule has 0 amide bonds. The first-order valence-corrected chi connectivity index (χ1v) is 4.61. The third-order valence-corrected chi connectivity index (χ3v) is 2.38. The van der Waals surface area contributed by atoms with Crippen LogP contribution in [0.15, 0.2) is 10.7 Å². The zero-order valence-corrected chi connectivity index (χ0v) is 7.66. The number of hydrogen-bond donors (Lipinski definition) is 2. The Morgan fingerprint density at radius 1 is 1.77 bits per heavy atom. The molecule has 72 valence electrons. The fraction of sp³-hybridized carbons (Fsp3) is 0.667. The Morgan fingerprint density at radius 3 is 3.15 bits per heavy atom. The average molecular weight is 182 g/mol. The van der Waals surface area contributed by atoms with Gasteiger partial charge >= 0.3 is 0 Å². The molecule has 0 aliphatic carbocycles. The maximum absolute atomic E-state index is 9.24. The second kappa shape index (κ2) is 3.47. The van der Waals surface area contributed by atoms with E-state index in [0.717, 1.165) is 25.4 Å². The van der Waals surface area contributed by atoms with Gasteiger partial charge in [0.25, 0.3) is 0 Å². The van der Waals surface area contributed by atoms with E-state index < -0.39 is 6.10 Å². The van der Waals surface area contributed by atoms with Crippen LogP contribution in [0.25, 0.3) is 0 Å². The minimum absolute atomic E-state index is 0.382. The van der Waals surface area contributed by atoms with Crippen molar-refractivity contribution in [3.8, 4) is 0 Å². The molecule has 2 N–H and O–H groups in total. The molecule has 1 saturated heterocycles. The lowest BCUT2D eigenvalue weighted by molar-refractivity contribution is 0.194. The number of oxazole rings is 1. The van der Waals surface area contributed by atoms with Crippen LogP contribution >= 0.6 is 0 Å². The molecule has 1 aliphatic rings. The largest absolute Gasteiger partial charge is 0.448 e. The van der Waals surface area contributed by atoms with Gasteiger partial charge in [-0.3, -0.25) is 0 Å². The standard InChI is InChI=1S/C9H14N2O2/c1-6(12)8-5-13-9(11-8)7-2-3-10-4-7/h5-7,10,12H,2-4H2,1H3. The summed E-state index contributed by atoms with van der Waals surface area (Å²) in [6, 6.07) is 0. The summed E-state index contributed by atoms with van der Waals surface area (Å²) in [7, 11) is 0. The summed E-state index contributed by atoms with van der Waals surface area (Å²) in [4.78, 5) is 4.24. The lowest BCUT2D eigenvalue weighted by atomic mass is 10.1. The van der Waals surface area contributed by atoms with Gasteiger partial charge in [-0.2, -0.15) is 0 Å². The van der Waals surface area contributed by atoms with E-state index in [1.54, 1.807) is 13.2 Å². The van der Waals surface area contributed by atoms with Crippen LogP contribution in [0.4, 0.5) is 0 Å². The van der Waals surface area contributed by atoms with Crippen LogP contribution in [0.1, 0.15) is 37.0 Å². The molecule has 2 heterocycles. The third kappa shape index (κ3) is 1.73. The van der Waals surface area contributed by atoms with Crippen LogP contribution in [-0.4, -0.2) is 23.2 Å². The van der Waals surface area contributed by atoms with Gasteiger partial charge < -0.3 is 14.8 Å². The third-order valence-electron chi connectivity index (χ3n) is 2.38. The van der Waals surface area contributed by atoms with Gasteiger partial charge in [-0.1, -0.05) is 0 Å². The summed E-state index contributed by atoms with van der Waals surface area (Å²) in [5, 5.41) is 12.5. The summed E-state index contributed by atoms with van der Waals surface area (Å²) >= 11 is 0. The molecule has 1 aliphatic heterocycles. The van der Waals surface area contributed by atoms with E-state index in [9.17, 15) is 5.11 Å². The summed E-state index contributed by atoms with van der Waals surface area (Å²) in [6.45, 7) is 3.64. The van der Waals surface area contributed by atoms with Gasteiger partial charge in [0, 0.05) is 12.5 Å². The van der Waals surface area contributed by atoms with Crippen LogP contribution in [0.5, 0.6) is 0 Å². The quantitative estimate of drug-likeness (QED) is 0.710.